The van der Waals surface area contributed by atoms with E-state index in [0.29, 0.717) is 24.0 Å². The van der Waals surface area contributed by atoms with E-state index in [9.17, 15) is 28.8 Å². The van der Waals surface area contributed by atoms with Crippen molar-refractivity contribution in [3.63, 3.8) is 0 Å². The molecule has 0 spiro atoms. The number of oxazole rings is 1. The molecule has 1 aromatic rings. The fourth-order valence-electron chi connectivity index (χ4n) is 7.65. The molecule has 13 nitrogen and oxygen atoms in total. The van der Waals surface area contributed by atoms with E-state index in [1.807, 2.05) is 20.8 Å². The summed E-state index contributed by atoms with van der Waals surface area (Å²) in [5, 5.41) is 2.45. The van der Waals surface area contributed by atoms with E-state index in [1.165, 1.54) is 78.2 Å². The molecule has 2 saturated carbocycles. The van der Waals surface area contributed by atoms with Gasteiger partial charge in [-0.3, -0.25) is 19.2 Å². The van der Waals surface area contributed by atoms with Crippen LogP contribution in [0.15, 0.2) is 4.42 Å². The number of ether oxygens (including phenoxy) is 4. The molecule has 3 rings (SSSR count). The van der Waals surface area contributed by atoms with Gasteiger partial charge in [0.05, 0.1) is 27.1 Å². The first-order valence-electron chi connectivity index (χ1n) is 21.1. The summed E-state index contributed by atoms with van der Waals surface area (Å²) in [4.78, 5) is 77.2. The fourth-order valence-corrected chi connectivity index (χ4v) is 7.65. The van der Waals surface area contributed by atoms with Gasteiger partial charge in [-0.25, -0.2) is 14.6 Å². The van der Waals surface area contributed by atoms with Gasteiger partial charge in [-0.1, -0.05) is 89.9 Å². The predicted molar refractivity (Wildman–Crippen MR) is 215 cm³/mol. The zero-order chi connectivity index (χ0) is 42.8. The summed E-state index contributed by atoms with van der Waals surface area (Å²) in [7, 11) is 2.48. The van der Waals surface area contributed by atoms with Gasteiger partial charge in [0.25, 0.3) is 0 Å². The Kier molecular flexibility index (Phi) is 21.0. The van der Waals surface area contributed by atoms with Gasteiger partial charge in [-0.2, -0.15) is 0 Å². The lowest BCUT2D eigenvalue weighted by Gasteiger charge is -2.24. The number of hydrogen-bond donors (Lipinski definition) is 1. The largest absolute Gasteiger partial charge is 0.467 e. The fraction of sp³-hybridized carbons (Fsp3) is 0.795. The van der Waals surface area contributed by atoms with Crippen LogP contribution in [0.4, 0.5) is 0 Å². The Bertz CT molecular complexity index is 1440. The third-order valence-corrected chi connectivity index (χ3v) is 10.5. The van der Waals surface area contributed by atoms with Gasteiger partial charge in [-0.05, 0) is 80.1 Å². The highest BCUT2D eigenvalue weighted by atomic mass is 16.6. The standard InChI is InChI=1S/C22H37NO6.C22H35NO5/c1-15(24)19(21(27)28-5)23-20(26)17(14-18(25)29-22(2,3)4)13-9-12-16-10-7-6-8-11-16;1-15-19(21(25)26-5)23-20(27-15)17(14-18(24)28-22(2,3)4)13-9-12-16-10-7-6-8-11-16/h16-17,19H,6-14H2,1-5H3,(H,23,26);16-17H,6-14H2,1-5H3/t17-,19?;17-/m11/s1. The summed E-state index contributed by atoms with van der Waals surface area (Å²) in [5.41, 5.74) is -0.999. The van der Waals surface area contributed by atoms with Crippen LogP contribution in [0.3, 0.4) is 0 Å². The van der Waals surface area contributed by atoms with Gasteiger partial charge in [0, 0.05) is 11.8 Å². The van der Waals surface area contributed by atoms with E-state index in [0.717, 1.165) is 45.1 Å². The van der Waals surface area contributed by atoms with E-state index in [4.69, 9.17) is 18.6 Å². The molecule has 3 atom stereocenters. The van der Waals surface area contributed by atoms with Crippen molar-refractivity contribution >= 4 is 35.6 Å². The zero-order valence-electron chi connectivity index (χ0n) is 36.6. The molecule has 1 aromatic heterocycles. The number of methoxy groups -OCH3 is 2. The van der Waals surface area contributed by atoms with Crippen molar-refractivity contribution in [3.8, 4) is 0 Å². The highest BCUT2D eigenvalue weighted by Gasteiger charge is 2.32. The van der Waals surface area contributed by atoms with Gasteiger partial charge >= 0.3 is 23.9 Å². The summed E-state index contributed by atoms with van der Waals surface area (Å²) in [6, 6.07) is -1.35. The lowest BCUT2D eigenvalue weighted by Crippen LogP contribution is -2.48. The minimum Gasteiger partial charge on any atom is -0.467 e. The van der Waals surface area contributed by atoms with Crippen molar-refractivity contribution in [2.45, 2.75) is 194 Å². The van der Waals surface area contributed by atoms with Crippen LogP contribution in [0.2, 0.25) is 0 Å². The Morgan fingerprint density at radius 3 is 1.68 bits per heavy atom. The normalized spacial score (nSPS) is 16.9. The van der Waals surface area contributed by atoms with Crippen molar-refractivity contribution in [3.05, 3.63) is 17.3 Å². The molecule has 2 fully saturated rings. The number of aryl methyl sites for hydroxylation is 1. The maximum Gasteiger partial charge on any atom is 0.360 e. The lowest BCUT2D eigenvalue weighted by atomic mass is 9.84. The van der Waals surface area contributed by atoms with Gasteiger partial charge in [0.1, 0.15) is 17.0 Å². The maximum atomic E-state index is 12.8. The topological polar surface area (TPSA) is 177 Å². The first kappa shape index (κ1) is 49.4. The molecule has 0 aromatic carbocycles. The quantitative estimate of drug-likeness (QED) is 0.0850. The van der Waals surface area contributed by atoms with Crippen LogP contribution in [0.1, 0.15) is 192 Å². The maximum absolute atomic E-state index is 12.8. The molecule has 0 radical (unpaired) electrons. The first-order valence-corrected chi connectivity index (χ1v) is 21.1. The van der Waals surface area contributed by atoms with E-state index in [-0.39, 0.29) is 30.4 Å². The Balaban J connectivity index is 0.000000394. The van der Waals surface area contributed by atoms with E-state index < -0.39 is 52.8 Å². The van der Waals surface area contributed by atoms with Gasteiger partial charge in [0.15, 0.2) is 23.4 Å². The number of esters is 4. The van der Waals surface area contributed by atoms with Crippen molar-refractivity contribution in [2.75, 3.05) is 14.2 Å². The summed E-state index contributed by atoms with van der Waals surface area (Å²) in [6.07, 6.45) is 18.3. The number of aromatic nitrogens is 1. The van der Waals surface area contributed by atoms with Gasteiger partial charge in [0.2, 0.25) is 5.91 Å². The van der Waals surface area contributed by atoms with Crippen molar-refractivity contribution in [2.24, 2.45) is 17.8 Å². The molecule has 2 aliphatic carbocycles. The number of hydrogen-bond acceptors (Lipinski definition) is 12. The SMILES string of the molecule is COC(=O)C(NC(=O)[C@H](CCCC1CCCCC1)CC(=O)OC(C)(C)C)C(C)=O.COC(=O)c1nc([C@H](CCCC2CCCCC2)CC(=O)OC(C)(C)C)oc1C. The second kappa shape index (κ2) is 24.2. The van der Waals surface area contributed by atoms with Crippen LogP contribution in [0, 0.1) is 24.7 Å². The van der Waals surface area contributed by atoms with Crippen LogP contribution < -0.4 is 5.32 Å². The molecule has 57 heavy (non-hydrogen) atoms. The minimum atomic E-state index is -1.35. The Hall–Kier alpha value is -3.77. The number of nitrogens with one attached hydrogen (secondary N) is 1. The molecule has 2 aliphatic rings. The lowest BCUT2D eigenvalue weighted by molar-refractivity contribution is -0.158. The molecule has 0 saturated heterocycles. The van der Waals surface area contributed by atoms with E-state index >= 15 is 0 Å². The van der Waals surface area contributed by atoms with Crippen LogP contribution in [-0.4, -0.2) is 72.0 Å². The van der Waals surface area contributed by atoms with Crippen molar-refractivity contribution in [1.82, 2.24) is 10.3 Å². The molecular weight excluding hydrogens is 732 g/mol. The number of Topliss-reactive ketones (excluding diaryl/α,β-unsaturated/α-hetero) is 1. The molecule has 0 bridgehead atoms. The predicted octanol–water partition coefficient (Wildman–Crippen LogP) is 8.67. The molecule has 1 unspecified atom stereocenters. The molecule has 0 aliphatic heterocycles. The molecule has 1 N–H and O–H groups in total. The second-order valence-corrected chi connectivity index (χ2v) is 17.9. The number of carbonyl (C=O) groups excluding carboxylic acids is 6. The van der Waals surface area contributed by atoms with Crippen LogP contribution in [-0.2, 0) is 42.9 Å². The second-order valence-electron chi connectivity index (χ2n) is 17.9. The highest BCUT2D eigenvalue weighted by molar-refractivity contribution is 6.05. The molecule has 1 amide bonds. The number of amides is 1. The number of carbonyl (C=O) groups is 6. The average Bonchev–Trinajstić information content (AvgIpc) is 3.53. The summed E-state index contributed by atoms with van der Waals surface area (Å²) in [6.45, 7) is 13.8. The van der Waals surface area contributed by atoms with Gasteiger partial charge in [-0.15, -0.1) is 0 Å². The molecule has 1 heterocycles. The van der Waals surface area contributed by atoms with Crippen LogP contribution >= 0.6 is 0 Å². The molecule has 324 valence electrons. The summed E-state index contributed by atoms with van der Waals surface area (Å²) in [5.74, 6) is -1.63. The molecular formula is C44H72N2O11. The van der Waals surface area contributed by atoms with Crippen LogP contribution in [0.25, 0.3) is 0 Å². The van der Waals surface area contributed by atoms with E-state index in [2.05, 4.69) is 15.0 Å². The van der Waals surface area contributed by atoms with Crippen molar-refractivity contribution in [1.29, 1.82) is 0 Å². The zero-order valence-corrected chi connectivity index (χ0v) is 36.6. The average molecular weight is 805 g/mol. The van der Waals surface area contributed by atoms with E-state index in [1.54, 1.807) is 27.7 Å². The Morgan fingerprint density at radius 1 is 0.737 bits per heavy atom. The van der Waals surface area contributed by atoms with Crippen LogP contribution in [0.5, 0.6) is 0 Å². The smallest absolute Gasteiger partial charge is 0.360 e. The Labute approximate surface area is 340 Å². The third-order valence-electron chi connectivity index (χ3n) is 10.5. The minimum absolute atomic E-state index is 0.0838. The highest BCUT2D eigenvalue weighted by Crippen LogP contribution is 2.33. The van der Waals surface area contributed by atoms with Crippen molar-refractivity contribution < 1.29 is 52.1 Å². The Morgan fingerprint density at radius 2 is 1.23 bits per heavy atom. The number of ketones is 1. The first-order chi connectivity index (χ1) is 26.7. The number of nitrogens with zero attached hydrogens (tertiary/aromatic N) is 1. The van der Waals surface area contributed by atoms with Gasteiger partial charge < -0.3 is 28.7 Å². The molecule has 13 heteroatoms. The summed E-state index contributed by atoms with van der Waals surface area (Å²) < 4.78 is 26.0. The summed E-state index contributed by atoms with van der Waals surface area (Å²) >= 11 is 0. The monoisotopic (exact) mass is 805 g/mol. The number of rotatable bonds is 18. The third kappa shape index (κ3) is 19.5.